The monoisotopic (exact) mass is 237 g/mol. The van der Waals surface area contributed by atoms with Gasteiger partial charge >= 0.3 is 0 Å². The highest BCUT2D eigenvalue weighted by molar-refractivity contribution is 5.76. The van der Waals surface area contributed by atoms with Gasteiger partial charge in [0.2, 0.25) is 11.8 Å². The van der Waals surface area contributed by atoms with E-state index in [2.05, 4.69) is 15.6 Å². The number of pyridine rings is 1. The van der Waals surface area contributed by atoms with Crippen LogP contribution in [0.4, 0.5) is 0 Å². The van der Waals surface area contributed by atoms with Crippen molar-refractivity contribution in [1.82, 2.24) is 15.6 Å². The zero-order chi connectivity index (χ0) is 12.5. The number of nitrogens with one attached hydrogen (secondary N) is 2. The summed E-state index contributed by atoms with van der Waals surface area (Å²) < 4.78 is 5.01. The summed E-state index contributed by atoms with van der Waals surface area (Å²) in [6.07, 6.45) is 2.16. The predicted molar refractivity (Wildman–Crippen MR) is 65.8 cm³/mol. The van der Waals surface area contributed by atoms with Crippen LogP contribution in [0.5, 0.6) is 5.88 Å². The van der Waals surface area contributed by atoms with E-state index >= 15 is 0 Å². The molecule has 1 aromatic rings. The standard InChI is InChI=1S/C12H19N3O2/c1-3-13-6-5-11(16)15-9-10-4-7-14-12(8-10)17-2/h4,7-8,13H,3,5-6,9H2,1-2H3,(H,15,16). The van der Waals surface area contributed by atoms with Crippen LogP contribution in [0.15, 0.2) is 18.3 Å². The third kappa shape index (κ3) is 5.31. The number of amides is 1. The summed E-state index contributed by atoms with van der Waals surface area (Å²) in [7, 11) is 1.57. The molecule has 5 heteroatoms. The van der Waals surface area contributed by atoms with E-state index in [1.165, 1.54) is 0 Å². The second-order valence-corrected chi connectivity index (χ2v) is 3.59. The molecule has 0 saturated heterocycles. The lowest BCUT2D eigenvalue weighted by Crippen LogP contribution is -2.27. The van der Waals surface area contributed by atoms with Crippen molar-refractivity contribution in [2.75, 3.05) is 20.2 Å². The predicted octanol–water partition coefficient (Wildman–Crippen LogP) is 0.706. The first kappa shape index (κ1) is 13.4. The van der Waals surface area contributed by atoms with Crippen LogP contribution in [-0.2, 0) is 11.3 Å². The number of ether oxygens (including phenoxy) is 1. The highest BCUT2D eigenvalue weighted by Gasteiger charge is 2.01. The van der Waals surface area contributed by atoms with E-state index in [9.17, 15) is 4.79 Å². The van der Waals surface area contributed by atoms with Gasteiger partial charge in [-0.3, -0.25) is 4.79 Å². The number of carbonyl (C=O) groups is 1. The molecular formula is C12H19N3O2. The molecule has 0 spiro atoms. The van der Waals surface area contributed by atoms with Crippen LogP contribution < -0.4 is 15.4 Å². The van der Waals surface area contributed by atoms with Gasteiger partial charge in [-0.05, 0) is 18.2 Å². The molecule has 0 atom stereocenters. The van der Waals surface area contributed by atoms with Gasteiger partial charge < -0.3 is 15.4 Å². The Kier molecular flexibility index (Phi) is 6.03. The zero-order valence-corrected chi connectivity index (χ0v) is 10.3. The summed E-state index contributed by atoms with van der Waals surface area (Å²) >= 11 is 0. The summed E-state index contributed by atoms with van der Waals surface area (Å²) in [5.74, 6) is 0.603. The Labute approximate surface area is 102 Å². The molecule has 1 rings (SSSR count). The second kappa shape index (κ2) is 7.62. The van der Waals surface area contributed by atoms with Crippen LogP contribution >= 0.6 is 0 Å². The summed E-state index contributed by atoms with van der Waals surface area (Å²) in [4.78, 5) is 15.4. The third-order valence-corrected chi connectivity index (χ3v) is 2.28. The molecule has 0 aliphatic rings. The Balaban J connectivity index is 2.31. The lowest BCUT2D eigenvalue weighted by atomic mass is 10.2. The normalized spacial score (nSPS) is 10.0. The molecule has 2 N–H and O–H groups in total. The molecule has 5 nitrogen and oxygen atoms in total. The number of hydrogen-bond donors (Lipinski definition) is 2. The van der Waals surface area contributed by atoms with Gasteiger partial charge in [0.15, 0.2) is 0 Å². The topological polar surface area (TPSA) is 63.2 Å². The quantitative estimate of drug-likeness (QED) is 0.685. The van der Waals surface area contributed by atoms with Crippen LogP contribution in [0.2, 0.25) is 0 Å². The van der Waals surface area contributed by atoms with Gasteiger partial charge in [0.25, 0.3) is 0 Å². The lowest BCUT2D eigenvalue weighted by Gasteiger charge is -2.06. The molecule has 0 saturated carbocycles. The number of nitrogens with zero attached hydrogens (tertiary/aromatic N) is 1. The van der Waals surface area contributed by atoms with E-state index in [0.717, 1.165) is 12.1 Å². The highest BCUT2D eigenvalue weighted by Crippen LogP contribution is 2.07. The van der Waals surface area contributed by atoms with Crippen molar-refractivity contribution < 1.29 is 9.53 Å². The molecule has 1 heterocycles. The maximum Gasteiger partial charge on any atom is 0.221 e. The van der Waals surface area contributed by atoms with Crippen LogP contribution in [-0.4, -0.2) is 31.1 Å². The second-order valence-electron chi connectivity index (χ2n) is 3.59. The molecule has 1 amide bonds. The summed E-state index contributed by atoms with van der Waals surface area (Å²) in [5, 5.41) is 5.95. The van der Waals surface area contributed by atoms with Crippen molar-refractivity contribution in [3.05, 3.63) is 23.9 Å². The van der Waals surface area contributed by atoms with Gasteiger partial charge in [0.1, 0.15) is 0 Å². The Bertz CT molecular complexity index is 355. The number of carbonyl (C=O) groups excluding carboxylic acids is 1. The first-order valence-corrected chi connectivity index (χ1v) is 5.72. The number of aromatic nitrogens is 1. The first-order valence-electron chi connectivity index (χ1n) is 5.72. The number of rotatable bonds is 7. The van der Waals surface area contributed by atoms with E-state index in [1.54, 1.807) is 13.3 Å². The summed E-state index contributed by atoms with van der Waals surface area (Å²) in [5.41, 5.74) is 0.980. The highest BCUT2D eigenvalue weighted by atomic mass is 16.5. The van der Waals surface area contributed by atoms with E-state index in [4.69, 9.17) is 4.74 Å². The average molecular weight is 237 g/mol. The maximum atomic E-state index is 11.4. The minimum Gasteiger partial charge on any atom is -0.481 e. The van der Waals surface area contributed by atoms with E-state index in [-0.39, 0.29) is 5.91 Å². The smallest absolute Gasteiger partial charge is 0.221 e. The molecule has 17 heavy (non-hydrogen) atoms. The minimum absolute atomic E-state index is 0.0433. The Morgan fingerprint density at radius 2 is 2.35 bits per heavy atom. The molecular weight excluding hydrogens is 218 g/mol. The Morgan fingerprint density at radius 3 is 3.06 bits per heavy atom. The molecule has 0 aromatic carbocycles. The molecule has 0 unspecified atom stereocenters. The van der Waals surface area contributed by atoms with E-state index < -0.39 is 0 Å². The van der Waals surface area contributed by atoms with Crippen molar-refractivity contribution in [2.24, 2.45) is 0 Å². The fourth-order valence-electron chi connectivity index (χ4n) is 1.34. The van der Waals surface area contributed by atoms with Gasteiger partial charge in [0, 0.05) is 31.8 Å². The van der Waals surface area contributed by atoms with Crippen LogP contribution in [0.25, 0.3) is 0 Å². The zero-order valence-electron chi connectivity index (χ0n) is 10.3. The molecule has 0 radical (unpaired) electrons. The number of hydrogen-bond acceptors (Lipinski definition) is 4. The SMILES string of the molecule is CCNCCC(=O)NCc1ccnc(OC)c1. The van der Waals surface area contributed by atoms with Crippen molar-refractivity contribution in [2.45, 2.75) is 19.9 Å². The van der Waals surface area contributed by atoms with Gasteiger partial charge in [-0.15, -0.1) is 0 Å². The van der Waals surface area contributed by atoms with Gasteiger partial charge in [-0.25, -0.2) is 4.98 Å². The van der Waals surface area contributed by atoms with E-state index in [1.807, 2.05) is 19.1 Å². The van der Waals surface area contributed by atoms with Crippen molar-refractivity contribution >= 4 is 5.91 Å². The minimum atomic E-state index is 0.0433. The Morgan fingerprint density at radius 1 is 1.53 bits per heavy atom. The van der Waals surface area contributed by atoms with Crippen LogP contribution in [0.1, 0.15) is 18.9 Å². The molecule has 0 aliphatic carbocycles. The maximum absolute atomic E-state index is 11.4. The van der Waals surface area contributed by atoms with Crippen molar-refractivity contribution in [3.63, 3.8) is 0 Å². The average Bonchev–Trinajstić information content (AvgIpc) is 2.37. The van der Waals surface area contributed by atoms with Gasteiger partial charge in [0.05, 0.1) is 7.11 Å². The van der Waals surface area contributed by atoms with Crippen molar-refractivity contribution in [1.29, 1.82) is 0 Å². The van der Waals surface area contributed by atoms with Crippen molar-refractivity contribution in [3.8, 4) is 5.88 Å². The molecule has 0 bridgehead atoms. The molecule has 1 aromatic heterocycles. The molecule has 0 aliphatic heterocycles. The molecule has 0 fully saturated rings. The van der Waals surface area contributed by atoms with Crippen LogP contribution in [0.3, 0.4) is 0 Å². The number of methoxy groups -OCH3 is 1. The van der Waals surface area contributed by atoms with Gasteiger partial charge in [-0.1, -0.05) is 6.92 Å². The largest absolute Gasteiger partial charge is 0.481 e. The fourth-order valence-corrected chi connectivity index (χ4v) is 1.34. The Hall–Kier alpha value is -1.62. The first-order chi connectivity index (χ1) is 8.26. The fraction of sp³-hybridized carbons (Fsp3) is 0.500. The van der Waals surface area contributed by atoms with Crippen LogP contribution in [0, 0.1) is 0 Å². The summed E-state index contributed by atoms with van der Waals surface area (Å²) in [6.45, 7) is 4.11. The van der Waals surface area contributed by atoms with Gasteiger partial charge in [-0.2, -0.15) is 0 Å². The van der Waals surface area contributed by atoms with E-state index in [0.29, 0.717) is 25.4 Å². The lowest BCUT2D eigenvalue weighted by molar-refractivity contribution is -0.121. The molecule has 94 valence electrons. The summed E-state index contributed by atoms with van der Waals surface area (Å²) in [6, 6.07) is 3.66. The third-order valence-electron chi connectivity index (χ3n) is 2.28.